The van der Waals surface area contributed by atoms with Gasteiger partial charge in [-0.15, -0.1) is 0 Å². The zero-order chi connectivity index (χ0) is 20.1. The maximum Gasteiger partial charge on any atom is 0.217 e. The Hall–Kier alpha value is -1.95. The number of rotatable bonds is 5. The molecular weight excluding hydrogens is 374 g/mol. The lowest BCUT2D eigenvalue weighted by Gasteiger charge is -2.35. The quantitative estimate of drug-likeness (QED) is 0.583. The van der Waals surface area contributed by atoms with E-state index in [9.17, 15) is 4.79 Å². The highest BCUT2D eigenvalue weighted by molar-refractivity contribution is 6.30. The Bertz CT molecular complexity index is 723. The van der Waals surface area contributed by atoms with Crippen LogP contribution in [0.4, 0.5) is 5.69 Å². The molecule has 3 N–H and O–H groups in total. The van der Waals surface area contributed by atoms with Crippen molar-refractivity contribution in [1.82, 2.24) is 10.2 Å². The van der Waals surface area contributed by atoms with Crippen LogP contribution in [0.15, 0.2) is 23.2 Å². The SMILES string of the molecule is CN=C(NCC1CCN(c2cc(Cl)ccc2C)C1)N1CCCC(CC(N)=O)C1. The first-order valence-electron chi connectivity index (χ1n) is 10.2. The highest BCUT2D eigenvalue weighted by Crippen LogP contribution is 2.29. The van der Waals surface area contributed by atoms with Gasteiger partial charge in [0.05, 0.1) is 0 Å². The number of benzene rings is 1. The molecule has 1 amide bonds. The third kappa shape index (κ3) is 5.31. The fourth-order valence-electron chi connectivity index (χ4n) is 4.42. The molecule has 2 heterocycles. The number of hydrogen-bond acceptors (Lipinski definition) is 3. The molecule has 2 aliphatic heterocycles. The minimum Gasteiger partial charge on any atom is -0.371 e. The smallest absolute Gasteiger partial charge is 0.217 e. The maximum atomic E-state index is 11.3. The van der Waals surface area contributed by atoms with Crippen molar-refractivity contribution in [3.05, 3.63) is 28.8 Å². The van der Waals surface area contributed by atoms with Gasteiger partial charge < -0.3 is 20.9 Å². The van der Waals surface area contributed by atoms with Crippen LogP contribution in [0.2, 0.25) is 5.02 Å². The van der Waals surface area contributed by atoms with Crippen molar-refractivity contribution < 1.29 is 4.79 Å². The molecule has 28 heavy (non-hydrogen) atoms. The van der Waals surface area contributed by atoms with Gasteiger partial charge in [-0.05, 0) is 55.7 Å². The second-order valence-electron chi connectivity index (χ2n) is 8.08. The summed E-state index contributed by atoms with van der Waals surface area (Å²) in [6.07, 6.45) is 3.75. The van der Waals surface area contributed by atoms with E-state index in [0.29, 0.717) is 18.3 Å². The zero-order valence-corrected chi connectivity index (χ0v) is 17.7. The number of hydrogen-bond donors (Lipinski definition) is 2. The summed E-state index contributed by atoms with van der Waals surface area (Å²) in [7, 11) is 1.83. The van der Waals surface area contributed by atoms with Crippen molar-refractivity contribution in [2.45, 2.75) is 32.6 Å². The summed E-state index contributed by atoms with van der Waals surface area (Å²) >= 11 is 6.19. The van der Waals surface area contributed by atoms with Gasteiger partial charge in [-0.1, -0.05) is 17.7 Å². The second-order valence-corrected chi connectivity index (χ2v) is 8.52. The van der Waals surface area contributed by atoms with E-state index < -0.39 is 0 Å². The largest absolute Gasteiger partial charge is 0.371 e. The third-order valence-electron chi connectivity index (χ3n) is 5.87. The van der Waals surface area contributed by atoms with Gasteiger partial charge in [0.25, 0.3) is 0 Å². The van der Waals surface area contributed by atoms with Crippen molar-refractivity contribution in [2.24, 2.45) is 22.6 Å². The van der Waals surface area contributed by atoms with E-state index in [2.05, 4.69) is 39.2 Å². The first-order valence-corrected chi connectivity index (χ1v) is 10.6. The van der Waals surface area contributed by atoms with Gasteiger partial charge in [-0.25, -0.2) is 0 Å². The second kappa shape index (κ2) is 9.50. The molecule has 0 bridgehead atoms. The number of primary amides is 1. The number of nitrogens with two attached hydrogens (primary N) is 1. The van der Waals surface area contributed by atoms with Crippen molar-refractivity contribution >= 4 is 29.2 Å². The van der Waals surface area contributed by atoms with E-state index in [1.807, 2.05) is 13.1 Å². The van der Waals surface area contributed by atoms with E-state index in [1.54, 1.807) is 0 Å². The van der Waals surface area contributed by atoms with Crippen LogP contribution >= 0.6 is 11.6 Å². The minimum absolute atomic E-state index is 0.211. The van der Waals surface area contributed by atoms with Crippen LogP contribution < -0.4 is 16.0 Å². The molecule has 0 radical (unpaired) electrons. The monoisotopic (exact) mass is 405 g/mol. The fraction of sp³-hybridized carbons (Fsp3) is 0.619. The molecule has 2 unspecified atom stereocenters. The predicted octanol–water partition coefficient (Wildman–Crippen LogP) is 2.64. The minimum atomic E-state index is -0.211. The molecule has 2 aliphatic rings. The molecule has 0 aliphatic carbocycles. The Kier molecular flexibility index (Phi) is 7.05. The number of aliphatic imine (C=N–C) groups is 1. The van der Waals surface area contributed by atoms with Crippen LogP contribution in [0.25, 0.3) is 0 Å². The zero-order valence-electron chi connectivity index (χ0n) is 17.0. The molecule has 2 atom stereocenters. The number of piperidine rings is 1. The molecule has 0 aromatic heterocycles. The normalized spacial score (nSPS) is 23.2. The Morgan fingerprint density at radius 3 is 2.86 bits per heavy atom. The highest BCUT2D eigenvalue weighted by atomic mass is 35.5. The lowest BCUT2D eigenvalue weighted by atomic mass is 9.95. The van der Waals surface area contributed by atoms with Gasteiger partial charge in [0, 0.05) is 56.9 Å². The first-order chi connectivity index (χ1) is 13.5. The number of likely N-dealkylation sites (tertiary alicyclic amines) is 1. The number of carbonyl (C=O) groups excluding carboxylic acids is 1. The fourth-order valence-corrected chi connectivity index (χ4v) is 4.58. The van der Waals surface area contributed by atoms with Gasteiger partial charge in [-0.2, -0.15) is 0 Å². The molecule has 154 valence electrons. The van der Waals surface area contributed by atoms with E-state index in [-0.39, 0.29) is 5.91 Å². The molecule has 2 saturated heterocycles. The van der Waals surface area contributed by atoms with Gasteiger partial charge in [-0.3, -0.25) is 9.79 Å². The van der Waals surface area contributed by atoms with Crippen LogP contribution in [-0.2, 0) is 4.79 Å². The van der Waals surface area contributed by atoms with Crippen LogP contribution in [0.5, 0.6) is 0 Å². The molecule has 6 nitrogen and oxygen atoms in total. The summed E-state index contributed by atoms with van der Waals surface area (Å²) < 4.78 is 0. The predicted molar refractivity (Wildman–Crippen MR) is 116 cm³/mol. The van der Waals surface area contributed by atoms with Crippen LogP contribution in [0, 0.1) is 18.8 Å². The van der Waals surface area contributed by atoms with Crippen molar-refractivity contribution in [3.63, 3.8) is 0 Å². The first kappa shape index (κ1) is 20.8. The molecule has 3 rings (SSSR count). The maximum absolute atomic E-state index is 11.3. The van der Waals surface area contributed by atoms with Gasteiger partial charge in [0.15, 0.2) is 5.96 Å². The topological polar surface area (TPSA) is 74.0 Å². The average molecular weight is 406 g/mol. The summed E-state index contributed by atoms with van der Waals surface area (Å²) in [4.78, 5) is 20.4. The summed E-state index contributed by atoms with van der Waals surface area (Å²) in [6.45, 7) is 6.94. The van der Waals surface area contributed by atoms with E-state index in [1.165, 1.54) is 11.3 Å². The number of guanidine groups is 1. The highest BCUT2D eigenvalue weighted by Gasteiger charge is 2.26. The molecular formula is C21H32ClN5O. The lowest BCUT2D eigenvalue weighted by Crippen LogP contribution is -2.48. The molecule has 2 fully saturated rings. The van der Waals surface area contributed by atoms with Gasteiger partial charge >= 0.3 is 0 Å². The molecule has 0 spiro atoms. The average Bonchev–Trinajstić information content (AvgIpc) is 3.13. The Labute approximate surface area is 173 Å². The molecule has 1 aromatic rings. The number of carbonyl (C=O) groups is 1. The summed E-state index contributed by atoms with van der Waals surface area (Å²) in [6, 6.07) is 6.10. The third-order valence-corrected chi connectivity index (χ3v) is 6.10. The standard InChI is InChI=1S/C21H32ClN5O/c1-15-5-6-18(22)11-19(15)26-9-7-17(14-26)12-25-21(24-2)27-8-3-4-16(13-27)10-20(23)28/h5-6,11,16-17H,3-4,7-10,12-14H2,1-2H3,(H2,23,28)(H,24,25). The van der Waals surface area contributed by atoms with Gasteiger partial charge in [0.2, 0.25) is 5.91 Å². The van der Waals surface area contributed by atoms with Crippen LogP contribution in [-0.4, -0.2) is 56.5 Å². The summed E-state index contributed by atoms with van der Waals surface area (Å²) in [5.41, 5.74) is 7.89. The number of halogens is 1. The van der Waals surface area contributed by atoms with E-state index in [4.69, 9.17) is 17.3 Å². The molecule has 7 heteroatoms. The Morgan fingerprint density at radius 2 is 2.11 bits per heavy atom. The number of anilines is 1. The number of aryl methyl sites for hydroxylation is 1. The van der Waals surface area contributed by atoms with E-state index in [0.717, 1.165) is 63.0 Å². The molecule has 0 saturated carbocycles. The Morgan fingerprint density at radius 1 is 1.29 bits per heavy atom. The van der Waals surface area contributed by atoms with E-state index >= 15 is 0 Å². The number of nitrogens with zero attached hydrogens (tertiary/aromatic N) is 3. The van der Waals surface area contributed by atoms with Crippen molar-refractivity contribution in [1.29, 1.82) is 0 Å². The van der Waals surface area contributed by atoms with Crippen LogP contribution in [0.1, 0.15) is 31.2 Å². The number of amides is 1. The van der Waals surface area contributed by atoms with Crippen molar-refractivity contribution in [2.75, 3.05) is 44.7 Å². The lowest BCUT2D eigenvalue weighted by molar-refractivity contribution is -0.119. The van der Waals surface area contributed by atoms with Crippen molar-refractivity contribution in [3.8, 4) is 0 Å². The molecule has 1 aromatic carbocycles. The van der Waals surface area contributed by atoms with Gasteiger partial charge in [0.1, 0.15) is 0 Å². The number of nitrogens with one attached hydrogen (secondary N) is 1. The van der Waals surface area contributed by atoms with Crippen LogP contribution in [0.3, 0.4) is 0 Å². The summed E-state index contributed by atoms with van der Waals surface area (Å²) in [5, 5.41) is 4.35. The summed E-state index contributed by atoms with van der Waals surface area (Å²) in [5.74, 6) is 1.63. The Balaban J connectivity index is 1.52.